The molecule has 30 heavy (non-hydrogen) atoms. The van der Waals surface area contributed by atoms with Crippen molar-refractivity contribution in [3.8, 4) is 11.5 Å². The quantitative estimate of drug-likeness (QED) is 0.395. The van der Waals surface area contributed by atoms with Gasteiger partial charge in [-0.15, -0.1) is 0 Å². The Kier molecular flexibility index (Phi) is 6.76. The van der Waals surface area contributed by atoms with Gasteiger partial charge in [-0.25, -0.2) is 4.79 Å². The van der Waals surface area contributed by atoms with E-state index >= 15 is 0 Å². The van der Waals surface area contributed by atoms with E-state index in [4.69, 9.17) is 14.2 Å². The van der Waals surface area contributed by atoms with Crippen LogP contribution in [-0.4, -0.2) is 73.2 Å². The van der Waals surface area contributed by atoms with Gasteiger partial charge in [-0.05, 0) is 31.4 Å². The van der Waals surface area contributed by atoms with Gasteiger partial charge in [0, 0.05) is 31.8 Å². The van der Waals surface area contributed by atoms with Gasteiger partial charge in [0.1, 0.15) is 0 Å². The molecule has 3 rings (SSSR count). The molecular formula is C20H25N3O7. The number of amides is 2. The van der Waals surface area contributed by atoms with Crippen LogP contribution in [0.15, 0.2) is 18.2 Å². The first-order chi connectivity index (χ1) is 14.4. The van der Waals surface area contributed by atoms with Crippen LogP contribution in [-0.2, 0) is 9.53 Å². The van der Waals surface area contributed by atoms with Gasteiger partial charge in [-0.1, -0.05) is 0 Å². The largest absolute Gasteiger partial charge is 0.493 e. The third-order valence-electron chi connectivity index (χ3n) is 5.36. The Labute approximate surface area is 174 Å². The standard InChI is InChI=1S/C20H25N3O7/c1-28-17-12-14(16(23(26)27)13-18(17)29-2)4-5-19(24)21-9-6-15(7-10-21)22-8-3-11-30-20(22)25/h4-5,12-13,15H,3,6-11H2,1-2H3. The average Bonchev–Trinajstić information content (AvgIpc) is 2.77. The van der Waals surface area contributed by atoms with Crippen LogP contribution < -0.4 is 9.47 Å². The number of hydrogen-bond acceptors (Lipinski definition) is 7. The molecule has 1 aromatic rings. The fraction of sp³-hybridized carbons (Fsp3) is 0.500. The van der Waals surface area contributed by atoms with Gasteiger partial charge in [0.05, 0.1) is 37.4 Å². The molecular weight excluding hydrogens is 394 g/mol. The van der Waals surface area contributed by atoms with Crippen LogP contribution in [0.25, 0.3) is 6.08 Å². The number of nitro benzene ring substituents is 1. The molecule has 2 saturated heterocycles. The van der Waals surface area contributed by atoms with Gasteiger partial charge in [-0.3, -0.25) is 14.9 Å². The lowest BCUT2D eigenvalue weighted by Crippen LogP contribution is -2.50. The molecule has 0 atom stereocenters. The third kappa shape index (κ3) is 4.64. The number of methoxy groups -OCH3 is 2. The summed E-state index contributed by atoms with van der Waals surface area (Å²) in [6, 6.07) is 2.80. The highest BCUT2D eigenvalue weighted by Crippen LogP contribution is 2.35. The first kappa shape index (κ1) is 21.4. The predicted molar refractivity (Wildman–Crippen MR) is 108 cm³/mol. The fourth-order valence-electron chi connectivity index (χ4n) is 3.74. The van der Waals surface area contributed by atoms with E-state index < -0.39 is 4.92 Å². The Morgan fingerprint density at radius 1 is 1.20 bits per heavy atom. The first-order valence-electron chi connectivity index (χ1n) is 9.75. The van der Waals surface area contributed by atoms with Gasteiger partial charge < -0.3 is 24.0 Å². The molecule has 0 unspecified atom stereocenters. The summed E-state index contributed by atoms with van der Waals surface area (Å²) in [5, 5.41) is 11.4. The zero-order valence-electron chi connectivity index (χ0n) is 17.0. The Morgan fingerprint density at radius 2 is 1.87 bits per heavy atom. The Morgan fingerprint density at radius 3 is 2.47 bits per heavy atom. The molecule has 0 saturated carbocycles. The molecule has 1 aromatic carbocycles. The SMILES string of the molecule is COc1cc(C=CC(=O)N2CCC(N3CCCOC3=O)CC2)c([N+](=O)[O-])cc1OC. The van der Waals surface area contributed by atoms with E-state index in [1.54, 1.807) is 9.80 Å². The number of carbonyl (C=O) groups excluding carboxylic acids is 2. The Balaban J connectivity index is 1.66. The Hall–Kier alpha value is -3.30. The summed E-state index contributed by atoms with van der Waals surface area (Å²) >= 11 is 0. The highest BCUT2D eigenvalue weighted by Gasteiger charge is 2.31. The van der Waals surface area contributed by atoms with Gasteiger partial charge >= 0.3 is 6.09 Å². The minimum atomic E-state index is -0.532. The second kappa shape index (κ2) is 9.47. The number of cyclic esters (lactones) is 1. The number of carbonyl (C=O) groups is 2. The van der Waals surface area contributed by atoms with Gasteiger partial charge in [0.15, 0.2) is 11.5 Å². The maximum absolute atomic E-state index is 12.6. The maximum Gasteiger partial charge on any atom is 0.410 e. The first-order valence-corrected chi connectivity index (χ1v) is 9.75. The van der Waals surface area contributed by atoms with Crippen molar-refractivity contribution in [2.75, 3.05) is 40.5 Å². The lowest BCUT2D eigenvalue weighted by molar-refractivity contribution is -0.385. The summed E-state index contributed by atoms with van der Waals surface area (Å²) in [4.78, 5) is 38.8. The van der Waals surface area contributed by atoms with E-state index in [0.29, 0.717) is 44.8 Å². The minimum Gasteiger partial charge on any atom is -0.493 e. The van der Waals surface area contributed by atoms with Crippen molar-refractivity contribution >= 4 is 23.8 Å². The average molecular weight is 419 g/mol. The van der Waals surface area contributed by atoms with E-state index in [2.05, 4.69) is 0 Å². The topological polar surface area (TPSA) is 111 Å². The molecule has 2 amide bonds. The number of rotatable bonds is 6. The summed E-state index contributed by atoms with van der Waals surface area (Å²) < 4.78 is 15.4. The molecule has 2 aliphatic heterocycles. The summed E-state index contributed by atoms with van der Waals surface area (Å²) in [5.41, 5.74) is 0.0657. The summed E-state index contributed by atoms with van der Waals surface area (Å²) in [7, 11) is 2.83. The second-order valence-electron chi connectivity index (χ2n) is 7.07. The molecule has 0 aromatic heterocycles. The van der Waals surface area contributed by atoms with Crippen LogP contribution >= 0.6 is 0 Å². The summed E-state index contributed by atoms with van der Waals surface area (Å²) in [6.07, 6.45) is 4.61. The lowest BCUT2D eigenvalue weighted by Gasteiger charge is -2.39. The van der Waals surface area contributed by atoms with Gasteiger partial charge in [-0.2, -0.15) is 0 Å². The molecule has 2 aliphatic rings. The molecule has 0 bridgehead atoms. The number of piperidine rings is 1. The van der Waals surface area contributed by atoms with Crippen LogP contribution in [0, 0.1) is 10.1 Å². The third-order valence-corrected chi connectivity index (χ3v) is 5.36. The monoisotopic (exact) mass is 419 g/mol. The van der Waals surface area contributed by atoms with Crippen molar-refractivity contribution in [1.29, 1.82) is 0 Å². The van der Waals surface area contributed by atoms with Crippen LogP contribution in [0.1, 0.15) is 24.8 Å². The smallest absolute Gasteiger partial charge is 0.410 e. The molecule has 10 nitrogen and oxygen atoms in total. The van der Waals surface area contributed by atoms with E-state index in [1.807, 2.05) is 0 Å². The highest BCUT2D eigenvalue weighted by atomic mass is 16.6. The van der Waals surface area contributed by atoms with E-state index in [1.165, 1.54) is 38.5 Å². The van der Waals surface area contributed by atoms with E-state index in [-0.39, 0.29) is 35.0 Å². The second-order valence-corrected chi connectivity index (χ2v) is 7.07. The van der Waals surface area contributed by atoms with Crippen LogP contribution in [0.5, 0.6) is 11.5 Å². The number of benzene rings is 1. The van der Waals surface area contributed by atoms with Gasteiger partial charge in [0.2, 0.25) is 5.91 Å². The highest BCUT2D eigenvalue weighted by molar-refractivity contribution is 5.92. The van der Waals surface area contributed by atoms with Crippen molar-refractivity contribution in [2.45, 2.75) is 25.3 Å². The van der Waals surface area contributed by atoms with Crippen molar-refractivity contribution in [1.82, 2.24) is 9.80 Å². The molecule has 0 aliphatic carbocycles. The number of nitrogens with zero attached hydrogens (tertiary/aromatic N) is 3. The maximum atomic E-state index is 12.6. The molecule has 2 fully saturated rings. The summed E-state index contributed by atoms with van der Waals surface area (Å²) in [6.45, 7) is 2.15. The van der Waals surface area contributed by atoms with Crippen molar-refractivity contribution < 1.29 is 28.7 Å². The Bertz CT molecular complexity index is 847. The molecule has 2 heterocycles. The zero-order valence-corrected chi connectivity index (χ0v) is 17.0. The van der Waals surface area contributed by atoms with Crippen molar-refractivity contribution in [2.24, 2.45) is 0 Å². The molecule has 0 N–H and O–H groups in total. The van der Waals surface area contributed by atoms with Crippen molar-refractivity contribution in [3.05, 3.63) is 33.9 Å². The number of nitro groups is 1. The number of hydrogen-bond donors (Lipinski definition) is 0. The summed E-state index contributed by atoms with van der Waals surface area (Å²) in [5.74, 6) is 0.342. The molecule has 0 spiro atoms. The van der Waals surface area contributed by atoms with Crippen molar-refractivity contribution in [3.63, 3.8) is 0 Å². The number of ether oxygens (including phenoxy) is 3. The zero-order chi connectivity index (χ0) is 21.7. The van der Waals surface area contributed by atoms with E-state index in [0.717, 1.165) is 6.42 Å². The molecule has 0 radical (unpaired) electrons. The van der Waals surface area contributed by atoms with Crippen LogP contribution in [0.4, 0.5) is 10.5 Å². The molecule has 10 heteroatoms. The number of likely N-dealkylation sites (tertiary alicyclic amines) is 1. The van der Waals surface area contributed by atoms with Crippen LogP contribution in [0.2, 0.25) is 0 Å². The predicted octanol–water partition coefficient (Wildman–Crippen LogP) is 2.46. The lowest BCUT2D eigenvalue weighted by atomic mass is 10.0. The van der Waals surface area contributed by atoms with Gasteiger partial charge in [0.25, 0.3) is 5.69 Å². The normalized spacial score (nSPS) is 17.7. The van der Waals surface area contributed by atoms with E-state index in [9.17, 15) is 19.7 Å². The minimum absolute atomic E-state index is 0.0674. The fourth-order valence-corrected chi connectivity index (χ4v) is 3.74. The molecule has 162 valence electrons. The van der Waals surface area contributed by atoms with Crippen LogP contribution in [0.3, 0.4) is 0 Å².